The van der Waals surface area contributed by atoms with Gasteiger partial charge in [-0.25, -0.2) is 0 Å². The number of nitrogens with two attached hydrogens (primary N) is 1. The van der Waals surface area contributed by atoms with Gasteiger partial charge in [-0.2, -0.15) is 0 Å². The molecule has 2 unspecified atom stereocenters. The molecular weight excluding hydrogens is 232 g/mol. The minimum Gasteiger partial charge on any atom is -0.322 e. The fourth-order valence-electron chi connectivity index (χ4n) is 3.18. The van der Waals surface area contributed by atoms with Crippen LogP contribution in [0.3, 0.4) is 0 Å². The molecule has 2 heteroatoms. The quantitative estimate of drug-likeness (QED) is 0.895. The van der Waals surface area contributed by atoms with Crippen LogP contribution in [-0.4, -0.2) is 23.5 Å². The van der Waals surface area contributed by atoms with Gasteiger partial charge in [0.25, 0.3) is 0 Å². The third-order valence-corrected chi connectivity index (χ3v) is 4.90. The molecule has 2 rings (SSSR count). The van der Waals surface area contributed by atoms with E-state index >= 15 is 0 Å². The highest BCUT2D eigenvalue weighted by Gasteiger charge is 2.37. The molecule has 19 heavy (non-hydrogen) atoms. The SMILES string of the molecule is CCC(C)(C(N)c1ccc(C)cc1)N1CCCCC1. The summed E-state index contributed by atoms with van der Waals surface area (Å²) in [6.07, 6.45) is 5.10. The molecule has 0 radical (unpaired) electrons. The summed E-state index contributed by atoms with van der Waals surface area (Å²) in [7, 11) is 0. The highest BCUT2D eigenvalue weighted by Crippen LogP contribution is 2.34. The van der Waals surface area contributed by atoms with Gasteiger partial charge < -0.3 is 5.73 Å². The first kappa shape index (κ1) is 14.5. The summed E-state index contributed by atoms with van der Waals surface area (Å²) in [6, 6.07) is 8.81. The van der Waals surface area contributed by atoms with Gasteiger partial charge in [-0.1, -0.05) is 43.2 Å². The third-order valence-electron chi connectivity index (χ3n) is 4.90. The van der Waals surface area contributed by atoms with Gasteiger partial charge in [0.2, 0.25) is 0 Å². The first-order valence-electron chi connectivity index (χ1n) is 7.65. The summed E-state index contributed by atoms with van der Waals surface area (Å²) in [5, 5.41) is 0. The Morgan fingerprint density at radius 1 is 1.16 bits per heavy atom. The maximum absolute atomic E-state index is 6.62. The summed E-state index contributed by atoms with van der Waals surface area (Å²) < 4.78 is 0. The van der Waals surface area contributed by atoms with Gasteiger partial charge in [0, 0.05) is 11.6 Å². The Morgan fingerprint density at radius 3 is 2.26 bits per heavy atom. The standard InChI is InChI=1S/C17H28N2/c1-4-17(3,19-12-6-5-7-13-19)16(18)15-10-8-14(2)9-11-15/h8-11,16H,4-7,12-13,18H2,1-3H3. The number of hydrogen-bond acceptors (Lipinski definition) is 2. The van der Waals surface area contributed by atoms with Crippen LogP contribution in [0.2, 0.25) is 0 Å². The lowest BCUT2D eigenvalue weighted by Gasteiger charge is -2.47. The number of benzene rings is 1. The molecule has 2 atom stereocenters. The normalized spacial score (nSPS) is 21.9. The monoisotopic (exact) mass is 260 g/mol. The first-order chi connectivity index (χ1) is 9.08. The Kier molecular flexibility index (Phi) is 4.64. The number of aryl methyl sites for hydroxylation is 1. The lowest BCUT2D eigenvalue weighted by atomic mass is 9.82. The van der Waals surface area contributed by atoms with Gasteiger partial charge in [-0.3, -0.25) is 4.90 Å². The summed E-state index contributed by atoms with van der Waals surface area (Å²) in [6.45, 7) is 9.12. The minimum atomic E-state index is 0.0790. The second-order valence-corrected chi connectivity index (χ2v) is 6.15. The van der Waals surface area contributed by atoms with Gasteiger partial charge in [0.1, 0.15) is 0 Å². The Labute approximate surface area is 118 Å². The van der Waals surface area contributed by atoms with Gasteiger partial charge in [0.15, 0.2) is 0 Å². The van der Waals surface area contributed by atoms with E-state index < -0.39 is 0 Å². The maximum Gasteiger partial charge on any atom is 0.0479 e. The zero-order valence-electron chi connectivity index (χ0n) is 12.7. The van der Waals surface area contributed by atoms with Crippen molar-refractivity contribution in [2.75, 3.05) is 13.1 Å². The van der Waals surface area contributed by atoms with Gasteiger partial charge in [0.05, 0.1) is 0 Å². The van der Waals surface area contributed by atoms with Gasteiger partial charge in [-0.05, 0) is 51.8 Å². The molecule has 0 amide bonds. The maximum atomic E-state index is 6.62. The van der Waals surface area contributed by atoms with E-state index in [-0.39, 0.29) is 11.6 Å². The van der Waals surface area contributed by atoms with E-state index in [9.17, 15) is 0 Å². The fraction of sp³-hybridized carbons (Fsp3) is 0.647. The van der Waals surface area contributed by atoms with Crippen molar-refractivity contribution in [3.8, 4) is 0 Å². The zero-order valence-corrected chi connectivity index (χ0v) is 12.7. The van der Waals surface area contributed by atoms with Crippen molar-refractivity contribution in [3.05, 3.63) is 35.4 Å². The van der Waals surface area contributed by atoms with Crippen molar-refractivity contribution in [1.29, 1.82) is 0 Å². The molecule has 0 aliphatic carbocycles. The second kappa shape index (κ2) is 6.06. The van der Waals surface area contributed by atoms with Crippen molar-refractivity contribution in [2.24, 2.45) is 5.73 Å². The Morgan fingerprint density at radius 2 is 1.74 bits per heavy atom. The highest BCUT2D eigenvalue weighted by molar-refractivity contribution is 5.26. The molecule has 106 valence electrons. The van der Waals surface area contributed by atoms with E-state index in [0.29, 0.717) is 0 Å². The summed E-state index contributed by atoms with van der Waals surface area (Å²) >= 11 is 0. The molecule has 1 aliphatic heterocycles. The van der Waals surface area contributed by atoms with Crippen molar-refractivity contribution in [3.63, 3.8) is 0 Å². The second-order valence-electron chi connectivity index (χ2n) is 6.15. The van der Waals surface area contributed by atoms with E-state index in [2.05, 4.69) is 49.9 Å². The smallest absolute Gasteiger partial charge is 0.0479 e. The van der Waals surface area contributed by atoms with Crippen molar-refractivity contribution in [1.82, 2.24) is 4.90 Å². The van der Waals surface area contributed by atoms with Crippen molar-refractivity contribution < 1.29 is 0 Å². The number of hydrogen-bond donors (Lipinski definition) is 1. The minimum absolute atomic E-state index is 0.0790. The number of nitrogens with zero attached hydrogens (tertiary/aromatic N) is 1. The first-order valence-corrected chi connectivity index (χ1v) is 7.65. The molecule has 1 heterocycles. The van der Waals surface area contributed by atoms with E-state index in [4.69, 9.17) is 5.73 Å². The van der Waals surface area contributed by atoms with E-state index in [1.54, 1.807) is 0 Å². The molecule has 1 fully saturated rings. The van der Waals surface area contributed by atoms with Crippen LogP contribution in [0.4, 0.5) is 0 Å². The van der Waals surface area contributed by atoms with E-state index in [1.165, 1.54) is 43.5 Å². The van der Waals surface area contributed by atoms with Crippen LogP contribution in [0.5, 0.6) is 0 Å². The van der Waals surface area contributed by atoms with Crippen molar-refractivity contribution in [2.45, 2.75) is 58.0 Å². The molecule has 0 saturated carbocycles. The van der Waals surface area contributed by atoms with Crippen LogP contribution in [-0.2, 0) is 0 Å². The molecule has 1 saturated heterocycles. The molecule has 0 spiro atoms. The van der Waals surface area contributed by atoms with Gasteiger partial charge in [-0.15, -0.1) is 0 Å². The van der Waals surface area contributed by atoms with Crippen LogP contribution in [0.15, 0.2) is 24.3 Å². The van der Waals surface area contributed by atoms with Crippen LogP contribution in [0.1, 0.15) is 56.7 Å². The van der Waals surface area contributed by atoms with Crippen LogP contribution in [0.25, 0.3) is 0 Å². The lowest BCUT2D eigenvalue weighted by molar-refractivity contribution is 0.0542. The Hall–Kier alpha value is -0.860. The zero-order chi connectivity index (χ0) is 13.9. The molecular formula is C17H28N2. The molecule has 0 aromatic heterocycles. The average molecular weight is 260 g/mol. The molecule has 2 nitrogen and oxygen atoms in total. The largest absolute Gasteiger partial charge is 0.322 e. The number of rotatable bonds is 4. The molecule has 1 aromatic rings. The van der Waals surface area contributed by atoms with Crippen LogP contribution in [0, 0.1) is 6.92 Å². The highest BCUT2D eigenvalue weighted by atomic mass is 15.2. The average Bonchev–Trinajstić information content (AvgIpc) is 2.47. The Bertz CT molecular complexity index is 392. The predicted molar refractivity (Wildman–Crippen MR) is 82.2 cm³/mol. The predicted octanol–water partition coefficient (Wildman–Crippen LogP) is 3.65. The Balaban J connectivity index is 2.21. The number of piperidine rings is 1. The molecule has 0 bridgehead atoms. The molecule has 1 aromatic carbocycles. The van der Waals surface area contributed by atoms with Gasteiger partial charge >= 0.3 is 0 Å². The summed E-state index contributed by atoms with van der Waals surface area (Å²) in [4.78, 5) is 2.61. The third kappa shape index (κ3) is 3.01. The van der Waals surface area contributed by atoms with E-state index in [1.807, 2.05) is 0 Å². The fourth-order valence-corrected chi connectivity index (χ4v) is 3.18. The van der Waals surface area contributed by atoms with Crippen LogP contribution < -0.4 is 5.73 Å². The number of likely N-dealkylation sites (tertiary alicyclic amines) is 1. The van der Waals surface area contributed by atoms with Crippen molar-refractivity contribution >= 4 is 0 Å². The van der Waals surface area contributed by atoms with Crippen LogP contribution >= 0.6 is 0 Å². The molecule has 2 N–H and O–H groups in total. The summed E-state index contributed by atoms with van der Waals surface area (Å²) in [5.41, 5.74) is 9.26. The van der Waals surface area contributed by atoms with E-state index in [0.717, 1.165) is 6.42 Å². The lowest BCUT2D eigenvalue weighted by Crippen LogP contribution is -2.54. The summed E-state index contributed by atoms with van der Waals surface area (Å²) in [5.74, 6) is 0. The molecule has 1 aliphatic rings. The topological polar surface area (TPSA) is 29.3 Å².